The zero-order chi connectivity index (χ0) is 17.4. The van der Waals surface area contributed by atoms with Crippen LogP contribution in [0, 0.1) is 5.41 Å². The van der Waals surface area contributed by atoms with Crippen LogP contribution in [0.4, 0.5) is 0 Å². The van der Waals surface area contributed by atoms with Gasteiger partial charge in [0.05, 0.1) is 6.61 Å². The lowest BCUT2D eigenvalue weighted by atomic mass is 9.86. The molecule has 2 atom stereocenters. The first-order chi connectivity index (χ1) is 12.0. The van der Waals surface area contributed by atoms with Crippen molar-refractivity contribution in [3.8, 4) is 11.5 Å². The molecular formula is C20H27N3O2. The van der Waals surface area contributed by atoms with E-state index in [-0.39, 0.29) is 11.5 Å². The van der Waals surface area contributed by atoms with Crippen LogP contribution in [-0.4, -0.2) is 40.8 Å². The van der Waals surface area contributed by atoms with Crippen molar-refractivity contribution in [1.82, 2.24) is 15.0 Å². The average Bonchev–Trinajstić information content (AvgIpc) is 3.22. The summed E-state index contributed by atoms with van der Waals surface area (Å²) >= 11 is 0. The monoisotopic (exact) mass is 341 g/mol. The van der Waals surface area contributed by atoms with Crippen LogP contribution in [0.1, 0.15) is 51.1 Å². The quantitative estimate of drug-likeness (QED) is 0.848. The van der Waals surface area contributed by atoms with Gasteiger partial charge in [0, 0.05) is 18.2 Å². The number of fused-ring (bicyclic) bond motifs is 1. The lowest BCUT2D eigenvalue weighted by molar-refractivity contribution is -0.0548. The van der Waals surface area contributed by atoms with Gasteiger partial charge in [0.1, 0.15) is 6.10 Å². The molecule has 0 saturated carbocycles. The molecule has 0 unspecified atom stereocenters. The van der Waals surface area contributed by atoms with E-state index in [9.17, 15) is 0 Å². The molecule has 0 bridgehead atoms. The van der Waals surface area contributed by atoms with Gasteiger partial charge in [-0.2, -0.15) is 4.98 Å². The molecule has 134 valence electrons. The first-order valence-electron chi connectivity index (χ1n) is 9.27. The molecular weight excluding hydrogens is 314 g/mol. The van der Waals surface area contributed by atoms with E-state index in [1.165, 1.54) is 18.4 Å². The number of ether oxygens (including phenoxy) is 1. The second-order valence-corrected chi connectivity index (χ2v) is 8.47. The molecule has 0 spiro atoms. The first kappa shape index (κ1) is 16.7. The van der Waals surface area contributed by atoms with Gasteiger partial charge in [0.25, 0.3) is 5.89 Å². The largest absolute Gasteiger partial charge is 0.367 e. The molecule has 1 aromatic heterocycles. The summed E-state index contributed by atoms with van der Waals surface area (Å²) in [5.41, 5.74) is 2.48. The van der Waals surface area contributed by atoms with Crippen LogP contribution in [0.25, 0.3) is 11.5 Å². The lowest BCUT2D eigenvalue weighted by Gasteiger charge is -2.33. The van der Waals surface area contributed by atoms with Crippen LogP contribution in [0.3, 0.4) is 0 Å². The van der Waals surface area contributed by atoms with Crippen LogP contribution in [-0.2, 0) is 11.2 Å². The lowest BCUT2D eigenvalue weighted by Crippen LogP contribution is -2.42. The van der Waals surface area contributed by atoms with Crippen molar-refractivity contribution in [3.05, 3.63) is 35.7 Å². The fourth-order valence-corrected chi connectivity index (χ4v) is 3.90. The van der Waals surface area contributed by atoms with Crippen LogP contribution in [0.15, 0.2) is 28.8 Å². The van der Waals surface area contributed by atoms with Gasteiger partial charge in [-0.3, -0.25) is 4.90 Å². The summed E-state index contributed by atoms with van der Waals surface area (Å²) in [6.45, 7) is 9.52. The highest BCUT2D eigenvalue weighted by Gasteiger charge is 2.35. The summed E-state index contributed by atoms with van der Waals surface area (Å²) in [4.78, 5) is 7.18. The molecule has 2 aliphatic heterocycles. The molecule has 2 aliphatic rings. The first-order valence-corrected chi connectivity index (χ1v) is 9.27. The van der Waals surface area contributed by atoms with Gasteiger partial charge in [0.2, 0.25) is 5.82 Å². The smallest absolute Gasteiger partial charge is 0.258 e. The Morgan fingerprint density at radius 2 is 2.08 bits per heavy atom. The minimum absolute atomic E-state index is 0.0818. The third kappa shape index (κ3) is 3.62. The fraction of sp³-hybridized carbons (Fsp3) is 0.600. The zero-order valence-corrected chi connectivity index (χ0v) is 15.4. The standard InChI is InChI=1S/C20H27N3O2/c1-20(2,3)11-14-7-4-5-9-16(14)19-21-18(22-25-19)17-12-23-10-6-8-15(23)13-24-17/h4-5,7,9,15,17H,6,8,10-13H2,1-3H3/t15-,17+/m0/s1. The number of hydrogen-bond donors (Lipinski definition) is 0. The van der Waals surface area contributed by atoms with Gasteiger partial charge in [-0.25, -0.2) is 0 Å². The van der Waals surface area contributed by atoms with Gasteiger partial charge in [-0.1, -0.05) is 44.1 Å². The van der Waals surface area contributed by atoms with Crippen molar-refractivity contribution in [2.45, 2.75) is 52.2 Å². The summed E-state index contributed by atoms with van der Waals surface area (Å²) in [5.74, 6) is 1.27. The van der Waals surface area contributed by atoms with E-state index < -0.39 is 0 Å². The van der Waals surface area contributed by atoms with E-state index in [4.69, 9.17) is 9.26 Å². The molecule has 4 rings (SSSR count). The number of rotatable bonds is 3. The van der Waals surface area contributed by atoms with Crippen molar-refractivity contribution in [2.75, 3.05) is 19.7 Å². The van der Waals surface area contributed by atoms with Crippen LogP contribution in [0.2, 0.25) is 0 Å². The van der Waals surface area contributed by atoms with Crippen molar-refractivity contribution in [3.63, 3.8) is 0 Å². The van der Waals surface area contributed by atoms with Crippen LogP contribution < -0.4 is 0 Å². The molecule has 2 aromatic rings. The molecule has 0 N–H and O–H groups in total. The highest BCUT2D eigenvalue weighted by atomic mass is 16.5. The van der Waals surface area contributed by atoms with E-state index in [0.717, 1.165) is 31.7 Å². The molecule has 2 fully saturated rings. The van der Waals surface area contributed by atoms with Crippen molar-refractivity contribution in [1.29, 1.82) is 0 Å². The highest BCUT2D eigenvalue weighted by Crippen LogP contribution is 2.32. The van der Waals surface area contributed by atoms with Crippen LogP contribution >= 0.6 is 0 Å². The fourth-order valence-electron chi connectivity index (χ4n) is 3.90. The maximum Gasteiger partial charge on any atom is 0.258 e. The second-order valence-electron chi connectivity index (χ2n) is 8.47. The van der Waals surface area contributed by atoms with Crippen molar-refractivity contribution in [2.24, 2.45) is 5.41 Å². The van der Waals surface area contributed by atoms with Crippen molar-refractivity contribution < 1.29 is 9.26 Å². The maximum atomic E-state index is 6.01. The summed E-state index contributed by atoms with van der Waals surface area (Å²) in [6.07, 6.45) is 3.39. The Morgan fingerprint density at radius 1 is 1.24 bits per heavy atom. The van der Waals surface area contributed by atoms with E-state index in [1.54, 1.807) is 0 Å². The Hall–Kier alpha value is -1.72. The Bertz CT molecular complexity index is 735. The third-order valence-corrected chi connectivity index (χ3v) is 5.09. The topological polar surface area (TPSA) is 51.4 Å². The van der Waals surface area contributed by atoms with Gasteiger partial charge in [0.15, 0.2) is 0 Å². The van der Waals surface area contributed by atoms with Crippen molar-refractivity contribution >= 4 is 0 Å². The number of morpholine rings is 1. The minimum atomic E-state index is -0.0818. The molecule has 0 radical (unpaired) electrons. The summed E-state index contributed by atoms with van der Waals surface area (Å²) in [7, 11) is 0. The maximum absolute atomic E-state index is 6.01. The molecule has 0 aliphatic carbocycles. The summed E-state index contributed by atoms with van der Waals surface area (Å²) < 4.78 is 11.6. The Kier molecular flexibility index (Phi) is 4.38. The van der Waals surface area contributed by atoms with Gasteiger partial charge < -0.3 is 9.26 Å². The Balaban J connectivity index is 1.56. The second kappa shape index (κ2) is 6.54. The Labute approximate surface area is 149 Å². The number of hydrogen-bond acceptors (Lipinski definition) is 5. The molecule has 1 aromatic carbocycles. The highest BCUT2D eigenvalue weighted by molar-refractivity contribution is 5.58. The predicted molar refractivity (Wildman–Crippen MR) is 96.2 cm³/mol. The van der Waals surface area contributed by atoms with Gasteiger partial charge in [-0.05, 0) is 42.9 Å². The normalized spacial score (nSPS) is 24.4. The molecule has 0 amide bonds. The van der Waals surface area contributed by atoms with Gasteiger partial charge in [-0.15, -0.1) is 0 Å². The molecule has 2 saturated heterocycles. The molecule has 25 heavy (non-hydrogen) atoms. The Morgan fingerprint density at radius 3 is 2.92 bits per heavy atom. The number of benzene rings is 1. The zero-order valence-electron chi connectivity index (χ0n) is 15.4. The molecule has 5 heteroatoms. The third-order valence-electron chi connectivity index (χ3n) is 5.09. The van der Waals surface area contributed by atoms with E-state index in [0.29, 0.717) is 17.8 Å². The summed E-state index contributed by atoms with van der Waals surface area (Å²) in [5, 5.41) is 4.23. The van der Waals surface area contributed by atoms with E-state index >= 15 is 0 Å². The predicted octanol–water partition coefficient (Wildman–Crippen LogP) is 3.86. The van der Waals surface area contributed by atoms with E-state index in [1.807, 2.05) is 6.07 Å². The summed E-state index contributed by atoms with van der Waals surface area (Å²) in [6, 6.07) is 8.89. The number of nitrogens with zero attached hydrogens (tertiary/aromatic N) is 3. The average molecular weight is 341 g/mol. The molecule has 5 nitrogen and oxygen atoms in total. The number of aromatic nitrogens is 2. The SMILES string of the molecule is CC(C)(C)Cc1ccccc1-c1nc([C@H]2CN3CCC[C@H]3CO2)no1. The molecule has 3 heterocycles. The van der Waals surface area contributed by atoms with E-state index in [2.05, 4.69) is 54.0 Å². The van der Waals surface area contributed by atoms with Crippen LogP contribution in [0.5, 0.6) is 0 Å². The minimum Gasteiger partial charge on any atom is -0.367 e. The van der Waals surface area contributed by atoms with Gasteiger partial charge >= 0.3 is 0 Å².